The minimum absolute atomic E-state index is 0. The van der Waals surface area contributed by atoms with Crippen LogP contribution >= 0.6 is 24.8 Å². The van der Waals surface area contributed by atoms with E-state index in [2.05, 4.69) is 0 Å². The van der Waals surface area contributed by atoms with Crippen LogP contribution in [0.5, 0.6) is 0 Å². The predicted octanol–water partition coefficient (Wildman–Crippen LogP) is 0.952. The normalized spacial score (nSPS) is 12.4. The Balaban J connectivity index is -0.0000000980. The number of aliphatic carboxylic acids is 2. The van der Waals surface area contributed by atoms with Crippen molar-refractivity contribution < 1.29 is 19.8 Å². The Labute approximate surface area is 120 Å². The molecule has 2 atom stereocenters. The van der Waals surface area contributed by atoms with Crippen LogP contribution in [-0.4, -0.2) is 34.2 Å². The summed E-state index contributed by atoms with van der Waals surface area (Å²) in [7, 11) is 0. The van der Waals surface area contributed by atoms with Crippen LogP contribution in [0.4, 0.5) is 0 Å². The zero-order chi connectivity index (χ0) is 13.5. The maximum absolute atomic E-state index is 10.0. The van der Waals surface area contributed by atoms with Crippen LogP contribution < -0.4 is 11.5 Å². The summed E-state index contributed by atoms with van der Waals surface area (Å²) in [6.07, 6.45) is 0. The summed E-state index contributed by atoms with van der Waals surface area (Å²) < 4.78 is 0. The fourth-order valence-corrected chi connectivity index (χ4v) is 0.570. The van der Waals surface area contributed by atoms with Crippen molar-refractivity contribution in [2.24, 2.45) is 23.3 Å². The summed E-state index contributed by atoms with van der Waals surface area (Å²) in [6, 6.07) is -1.43. The predicted molar refractivity (Wildman–Crippen MR) is 75.4 cm³/mol. The molecule has 0 aromatic heterocycles. The van der Waals surface area contributed by atoms with Crippen LogP contribution in [0.3, 0.4) is 0 Å². The lowest BCUT2D eigenvalue weighted by Gasteiger charge is -2.07. The van der Waals surface area contributed by atoms with Gasteiger partial charge in [0.1, 0.15) is 12.1 Å². The Kier molecular flexibility index (Phi) is 18.7. The molecule has 0 aliphatic carbocycles. The van der Waals surface area contributed by atoms with E-state index in [1.54, 1.807) is 27.7 Å². The van der Waals surface area contributed by atoms with Crippen molar-refractivity contribution in [3.63, 3.8) is 0 Å². The maximum atomic E-state index is 10.0. The molecule has 18 heavy (non-hydrogen) atoms. The van der Waals surface area contributed by atoms with Gasteiger partial charge in [-0.05, 0) is 11.8 Å². The molecule has 0 heterocycles. The van der Waals surface area contributed by atoms with Crippen molar-refractivity contribution in [3.05, 3.63) is 0 Å². The lowest BCUT2D eigenvalue weighted by molar-refractivity contribution is -0.140. The summed E-state index contributed by atoms with van der Waals surface area (Å²) in [5.41, 5.74) is 10.3. The third kappa shape index (κ3) is 13.5. The van der Waals surface area contributed by atoms with E-state index < -0.39 is 24.0 Å². The monoisotopic (exact) mass is 306 g/mol. The molecule has 6 N–H and O–H groups in total. The Hall–Kier alpha value is -0.560. The number of rotatable bonds is 4. The topological polar surface area (TPSA) is 127 Å². The number of hydrogen-bond donors (Lipinski definition) is 4. The number of hydrogen-bond acceptors (Lipinski definition) is 4. The van der Waals surface area contributed by atoms with E-state index in [1.807, 2.05) is 0 Å². The van der Waals surface area contributed by atoms with Crippen LogP contribution in [0.1, 0.15) is 27.7 Å². The number of nitrogens with two attached hydrogens (primary N) is 2. The highest BCUT2D eigenvalue weighted by atomic mass is 35.5. The molecule has 0 saturated heterocycles. The van der Waals surface area contributed by atoms with E-state index >= 15 is 0 Å². The molecule has 0 fully saturated rings. The van der Waals surface area contributed by atoms with Gasteiger partial charge in [0.2, 0.25) is 0 Å². The van der Waals surface area contributed by atoms with Crippen LogP contribution in [0, 0.1) is 11.8 Å². The maximum Gasteiger partial charge on any atom is 0.320 e. The van der Waals surface area contributed by atoms with E-state index in [9.17, 15) is 9.59 Å². The zero-order valence-electron chi connectivity index (χ0n) is 11.0. The van der Waals surface area contributed by atoms with Gasteiger partial charge in [0.05, 0.1) is 0 Å². The molecule has 0 aliphatic rings. The summed E-state index contributed by atoms with van der Waals surface area (Å²) in [5.74, 6) is -1.82. The third-order valence-electron chi connectivity index (χ3n) is 2.01. The van der Waals surface area contributed by atoms with Gasteiger partial charge < -0.3 is 21.7 Å². The Morgan fingerprint density at radius 2 is 0.944 bits per heavy atom. The molecular weight excluding hydrogens is 283 g/mol. The molecule has 6 nitrogen and oxygen atoms in total. The van der Waals surface area contributed by atoms with Gasteiger partial charge >= 0.3 is 11.9 Å². The number of carbonyl (C=O) groups is 2. The highest BCUT2D eigenvalue weighted by Gasteiger charge is 2.14. The first-order valence-corrected chi connectivity index (χ1v) is 5.08. The average Bonchev–Trinajstić information content (AvgIpc) is 2.15. The number of halogens is 2. The van der Waals surface area contributed by atoms with Crippen LogP contribution in [0.2, 0.25) is 0 Å². The van der Waals surface area contributed by atoms with Crippen LogP contribution in [-0.2, 0) is 9.59 Å². The van der Waals surface area contributed by atoms with Crippen molar-refractivity contribution in [2.75, 3.05) is 0 Å². The van der Waals surface area contributed by atoms with Gasteiger partial charge in [0.15, 0.2) is 0 Å². The molecule has 0 spiro atoms. The fourth-order valence-electron chi connectivity index (χ4n) is 0.570. The Bertz CT molecular complexity index is 214. The second kappa shape index (κ2) is 12.9. The Morgan fingerprint density at radius 1 is 0.778 bits per heavy atom. The second-order valence-corrected chi connectivity index (χ2v) is 4.22. The molecule has 0 amide bonds. The molecule has 0 aliphatic heterocycles. The highest BCUT2D eigenvalue weighted by molar-refractivity contribution is 5.85. The lowest BCUT2D eigenvalue weighted by Crippen LogP contribution is -2.34. The van der Waals surface area contributed by atoms with Crippen LogP contribution in [0.25, 0.3) is 0 Å². The molecule has 0 saturated carbocycles. The minimum Gasteiger partial charge on any atom is -0.480 e. The molecule has 0 radical (unpaired) electrons. The molecule has 0 aromatic rings. The van der Waals surface area contributed by atoms with E-state index in [4.69, 9.17) is 21.7 Å². The third-order valence-corrected chi connectivity index (χ3v) is 2.01. The van der Waals surface area contributed by atoms with Crippen molar-refractivity contribution in [1.82, 2.24) is 0 Å². The number of carboxylic acids is 2. The van der Waals surface area contributed by atoms with Crippen molar-refractivity contribution in [3.8, 4) is 0 Å². The average molecular weight is 307 g/mol. The van der Waals surface area contributed by atoms with E-state index in [0.717, 1.165) is 0 Å². The molecule has 8 heteroatoms. The smallest absolute Gasteiger partial charge is 0.320 e. The van der Waals surface area contributed by atoms with E-state index in [0.29, 0.717) is 0 Å². The molecule has 0 aromatic carbocycles. The minimum atomic E-state index is -0.931. The fraction of sp³-hybridized carbons (Fsp3) is 0.800. The van der Waals surface area contributed by atoms with Crippen molar-refractivity contribution in [1.29, 1.82) is 0 Å². The second-order valence-electron chi connectivity index (χ2n) is 4.22. The van der Waals surface area contributed by atoms with Crippen molar-refractivity contribution in [2.45, 2.75) is 39.8 Å². The summed E-state index contributed by atoms with van der Waals surface area (Å²) in [4.78, 5) is 20.0. The summed E-state index contributed by atoms with van der Waals surface area (Å²) >= 11 is 0. The SMILES string of the molecule is CC(C)[C@H](N)C(=O)O.CC(C)[C@H](N)C(=O)O.Cl.Cl. The Morgan fingerprint density at radius 3 is 0.944 bits per heavy atom. The van der Waals surface area contributed by atoms with Gasteiger partial charge in [-0.2, -0.15) is 0 Å². The first-order chi connectivity index (χ1) is 7.11. The lowest BCUT2D eigenvalue weighted by atomic mass is 10.1. The van der Waals surface area contributed by atoms with Crippen molar-refractivity contribution >= 4 is 36.8 Å². The molecular formula is C10H24Cl2N2O4. The quantitative estimate of drug-likeness (QED) is 0.612. The van der Waals surface area contributed by atoms with Gasteiger partial charge in [0.25, 0.3) is 0 Å². The summed E-state index contributed by atoms with van der Waals surface area (Å²) in [6.45, 7) is 7.11. The van der Waals surface area contributed by atoms with Gasteiger partial charge in [-0.3, -0.25) is 9.59 Å². The zero-order valence-corrected chi connectivity index (χ0v) is 12.6. The molecule has 0 unspecified atom stereocenters. The van der Waals surface area contributed by atoms with E-state index in [-0.39, 0.29) is 36.6 Å². The molecule has 0 bridgehead atoms. The first kappa shape index (κ1) is 26.1. The van der Waals surface area contributed by atoms with Crippen LogP contribution in [0.15, 0.2) is 0 Å². The van der Waals surface area contributed by atoms with Gasteiger partial charge in [-0.1, -0.05) is 27.7 Å². The standard InChI is InChI=1S/2C5H11NO2.2ClH/c2*1-3(2)4(6)5(7)8;;/h2*3-4H,6H2,1-2H3,(H,7,8);2*1H/t2*4-;;/m00../s1. The van der Waals surface area contributed by atoms with E-state index in [1.165, 1.54) is 0 Å². The van der Waals surface area contributed by atoms with Gasteiger partial charge in [-0.25, -0.2) is 0 Å². The van der Waals surface area contributed by atoms with Gasteiger partial charge in [0, 0.05) is 0 Å². The largest absolute Gasteiger partial charge is 0.480 e. The van der Waals surface area contributed by atoms with Gasteiger partial charge in [-0.15, -0.1) is 24.8 Å². The molecule has 0 rings (SSSR count). The highest BCUT2D eigenvalue weighted by Crippen LogP contribution is 1.96. The number of carboxylic acid groups (broad SMARTS) is 2. The first-order valence-electron chi connectivity index (χ1n) is 5.08. The molecule has 112 valence electrons. The summed E-state index contributed by atoms with van der Waals surface area (Å²) in [5, 5.41) is 16.5.